The Labute approximate surface area is 114 Å². The maximum Gasteiger partial charge on any atom is 0.243 e. The summed E-state index contributed by atoms with van der Waals surface area (Å²) in [6.07, 6.45) is 1.61. The average molecular weight is 304 g/mol. The molecule has 0 aliphatic carbocycles. The Morgan fingerprint density at radius 3 is 2.89 bits per heavy atom. The Hall–Kier alpha value is -1.15. The van der Waals surface area contributed by atoms with E-state index in [1.807, 2.05) is 0 Å². The topological polar surface area (TPSA) is 85.1 Å². The minimum Gasteiger partial charge on any atom is -0.398 e. The number of rotatable bonds is 4. The molecule has 0 aliphatic rings. The number of nitrogen functional groups attached to an aromatic ring is 1. The fourth-order valence-electron chi connectivity index (χ4n) is 1.32. The van der Waals surface area contributed by atoms with Gasteiger partial charge in [0.05, 0.1) is 12.2 Å². The van der Waals surface area contributed by atoms with Gasteiger partial charge in [0.1, 0.15) is 9.90 Å². The van der Waals surface area contributed by atoms with E-state index in [1.54, 1.807) is 11.6 Å². The van der Waals surface area contributed by atoms with Crippen molar-refractivity contribution in [3.8, 4) is 0 Å². The molecule has 0 bridgehead atoms. The molecule has 0 saturated carbocycles. The fourth-order valence-corrected chi connectivity index (χ4v) is 3.34. The molecule has 2 aromatic rings. The number of thiazole rings is 1. The van der Waals surface area contributed by atoms with Gasteiger partial charge in [0.15, 0.2) is 0 Å². The number of sulfonamides is 1. The van der Waals surface area contributed by atoms with Crippen molar-refractivity contribution in [3.63, 3.8) is 0 Å². The van der Waals surface area contributed by atoms with Gasteiger partial charge in [-0.3, -0.25) is 0 Å². The van der Waals surface area contributed by atoms with Gasteiger partial charge < -0.3 is 5.73 Å². The molecule has 96 valence electrons. The number of halogens is 1. The van der Waals surface area contributed by atoms with E-state index in [0.29, 0.717) is 10.0 Å². The van der Waals surface area contributed by atoms with Crippen LogP contribution in [-0.2, 0) is 16.6 Å². The highest BCUT2D eigenvalue weighted by atomic mass is 35.5. The first kappa shape index (κ1) is 13.3. The van der Waals surface area contributed by atoms with E-state index in [0.717, 1.165) is 0 Å². The summed E-state index contributed by atoms with van der Waals surface area (Å²) in [6, 6.07) is 4.32. The Balaban J connectivity index is 2.22. The third-order valence-electron chi connectivity index (χ3n) is 2.16. The first-order valence-electron chi connectivity index (χ1n) is 4.92. The van der Waals surface area contributed by atoms with Crippen LogP contribution in [0.1, 0.15) is 5.01 Å². The van der Waals surface area contributed by atoms with Gasteiger partial charge in [-0.1, -0.05) is 11.6 Å². The number of anilines is 1. The van der Waals surface area contributed by atoms with Gasteiger partial charge in [0, 0.05) is 16.6 Å². The van der Waals surface area contributed by atoms with Crippen LogP contribution >= 0.6 is 22.9 Å². The van der Waals surface area contributed by atoms with Gasteiger partial charge in [-0.2, -0.15) is 0 Å². The molecule has 0 radical (unpaired) electrons. The predicted octanol–water partition coefficient (Wildman–Crippen LogP) is 1.86. The Kier molecular flexibility index (Phi) is 3.86. The lowest BCUT2D eigenvalue weighted by molar-refractivity contribution is 0.581. The van der Waals surface area contributed by atoms with Crippen LogP contribution in [0.3, 0.4) is 0 Å². The lowest BCUT2D eigenvalue weighted by atomic mass is 10.3. The zero-order valence-electron chi connectivity index (χ0n) is 9.13. The molecule has 0 fully saturated rings. The van der Waals surface area contributed by atoms with Crippen molar-refractivity contribution in [2.75, 3.05) is 5.73 Å². The van der Waals surface area contributed by atoms with Gasteiger partial charge in [-0.05, 0) is 18.2 Å². The second-order valence-electron chi connectivity index (χ2n) is 3.43. The molecule has 0 spiro atoms. The summed E-state index contributed by atoms with van der Waals surface area (Å²) in [4.78, 5) is 3.97. The zero-order chi connectivity index (χ0) is 13.2. The van der Waals surface area contributed by atoms with Gasteiger partial charge in [0.2, 0.25) is 10.0 Å². The van der Waals surface area contributed by atoms with E-state index in [1.165, 1.54) is 29.5 Å². The van der Waals surface area contributed by atoms with Crippen LogP contribution in [0.4, 0.5) is 5.69 Å². The van der Waals surface area contributed by atoms with Gasteiger partial charge in [0.25, 0.3) is 0 Å². The smallest absolute Gasteiger partial charge is 0.243 e. The summed E-state index contributed by atoms with van der Waals surface area (Å²) in [5.41, 5.74) is 5.79. The molecular formula is C10H10ClN3O2S2. The van der Waals surface area contributed by atoms with Crippen molar-refractivity contribution >= 4 is 38.6 Å². The number of nitrogens with two attached hydrogens (primary N) is 1. The first-order chi connectivity index (χ1) is 8.49. The monoisotopic (exact) mass is 303 g/mol. The van der Waals surface area contributed by atoms with Crippen LogP contribution in [0.25, 0.3) is 0 Å². The zero-order valence-corrected chi connectivity index (χ0v) is 11.5. The predicted molar refractivity (Wildman–Crippen MR) is 72.0 cm³/mol. The van der Waals surface area contributed by atoms with Crippen molar-refractivity contribution in [1.82, 2.24) is 9.71 Å². The molecule has 0 amide bonds. The molecule has 18 heavy (non-hydrogen) atoms. The van der Waals surface area contributed by atoms with Crippen LogP contribution in [-0.4, -0.2) is 13.4 Å². The van der Waals surface area contributed by atoms with Crippen molar-refractivity contribution in [2.24, 2.45) is 0 Å². The SMILES string of the molecule is Nc1ccc(Cl)cc1S(=O)(=O)NCc1nccs1. The van der Waals surface area contributed by atoms with E-state index >= 15 is 0 Å². The van der Waals surface area contributed by atoms with Crippen molar-refractivity contribution in [1.29, 1.82) is 0 Å². The number of nitrogens with one attached hydrogen (secondary N) is 1. The van der Waals surface area contributed by atoms with Crippen LogP contribution in [0.5, 0.6) is 0 Å². The third kappa shape index (κ3) is 2.99. The van der Waals surface area contributed by atoms with Gasteiger partial charge >= 0.3 is 0 Å². The molecule has 0 saturated heterocycles. The summed E-state index contributed by atoms with van der Waals surface area (Å²) in [6.45, 7) is 0.131. The number of nitrogens with zero attached hydrogens (tertiary/aromatic N) is 1. The van der Waals surface area contributed by atoms with Gasteiger partial charge in [-0.25, -0.2) is 18.1 Å². The van der Waals surface area contributed by atoms with Crippen LogP contribution in [0, 0.1) is 0 Å². The summed E-state index contributed by atoms with van der Waals surface area (Å²) in [7, 11) is -3.68. The Morgan fingerprint density at radius 2 is 2.22 bits per heavy atom. The lowest BCUT2D eigenvalue weighted by Crippen LogP contribution is -2.24. The molecule has 1 aromatic carbocycles. The maximum absolute atomic E-state index is 12.0. The maximum atomic E-state index is 12.0. The molecule has 1 heterocycles. The largest absolute Gasteiger partial charge is 0.398 e. The van der Waals surface area contributed by atoms with Crippen LogP contribution in [0.2, 0.25) is 5.02 Å². The molecule has 5 nitrogen and oxygen atoms in total. The molecule has 0 aliphatic heterocycles. The molecule has 0 atom stereocenters. The molecule has 0 unspecified atom stereocenters. The molecule has 8 heteroatoms. The average Bonchev–Trinajstić information content (AvgIpc) is 2.83. The quantitative estimate of drug-likeness (QED) is 0.844. The van der Waals surface area contributed by atoms with E-state index in [9.17, 15) is 8.42 Å². The lowest BCUT2D eigenvalue weighted by Gasteiger charge is -2.08. The third-order valence-corrected chi connectivity index (χ3v) is 4.63. The fraction of sp³-hybridized carbons (Fsp3) is 0.100. The highest BCUT2D eigenvalue weighted by molar-refractivity contribution is 7.89. The standard InChI is InChI=1S/C10H10ClN3O2S2/c11-7-1-2-8(12)9(5-7)18(15,16)14-6-10-13-3-4-17-10/h1-5,14H,6,12H2. The minimum absolute atomic E-state index is 0.0217. The van der Waals surface area contributed by atoms with E-state index < -0.39 is 10.0 Å². The highest BCUT2D eigenvalue weighted by Gasteiger charge is 2.17. The van der Waals surface area contributed by atoms with Gasteiger partial charge in [-0.15, -0.1) is 11.3 Å². The molecular weight excluding hydrogens is 294 g/mol. The summed E-state index contributed by atoms with van der Waals surface area (Å²) in [5.74, 6) is 0. The Bertz CT molecular complexity index is 641. The second-order valence-corrected chi connectivity index (χ2v) is 6.58. The van der Waals surface area contributed by atoms with Crippen molar-refractivity contribution in [3.05, 3.63) is 39.8 Å². The van der Waals surface area contributed by atoms with Crippen LogP contribution < -0.4 is 10.5 Å². The molecule has 2 rings (SSSR count). The highest BCUT2D eigenvalue weighted by Crippen LogP contribution is 2.22. The van der Waals surface area contributed by atoms with E-state index in [4.69, 9.17) is 17.3 Å². The first-order valence-corrected chi connectivity index (χ1v) is 7.66. The molecule has 1 aromatic heterocycles. The minimum atomic E-state index is -3.68. The number of hydrogen-bond donors (Lipinski definition) is 2. The van der Waals surface area contributed by atoms with Crippen molar-refractivity contribution in [2.45, 2.75) is 11.4 Å². The van der Waals surface area contributed by atoms with Crippen molar-refractivity contribution < 1.29 is 8.42 Å². The number of aromatic nitrogens is 1. The second kappa shape index (κ2) is 5.23. The normalized spacial score (nSPS) is 11.6. The van der Waals surface area contributed by atoms with E-state index in [2.05, 4.69) is 9.71 Å². The van der Waals surface area contributed by atoms with Crippen LogP contribution in [0.15, 0.2) is 34.7 Å². The number of benzene rings is 1. The Morgan fingerprint density at radius 1 is 1.44 bits per heavy atom. The number of hydrogen-bond acceptors (Lipinski definition) is 5. The molecule has 3 N–H and O–H groups in total. The summed E-state index contributed by atoms with van der Waals surface area (Å²) < 4.78 is 26.5. The summed E-state index contributed by atoms with van der Waals surface area (Å²) >= 11 is 7.14. The summed E-state index contributed by atoms with van der Waals surface area (Å²) in [5, 5.41) is 2.77. The van der Waals surface area contributed by atoms with E-state index in [-0.39, 0.29) is 17.1 Å².